The standard InChI is InChI=1S/C17H21NO5/c19-16(10-12-4-6-14-15(9-12)23-11-22-14)18-8-2-1-3-13(18)5-7-17(20)21/h4,6,9,13H,1-3,5,7-8,10-11H2,(H,20,21). The lowest BCUT2D eigenvalue weighted by Crippen LogP contribution is -2.44. The first kappa shape index (κ1) is 15.6. The fourth-order valence-corrected chi connectivity index (χ4v) is 3.25. The largest absolute Gasteiger partial charge is 0.481 e. The molecule has 3 rings (SSSR count). The number of hydrogen-bond acceptors (Lipinski definition) is 4. The van der Waals surface area contributed by atoms with Crippen molar-refractivity contribution in [2.75, 3.05) is 13.3 Å². The minimum absolute atomic E-state index is 0.0429. The van der Waals surface area contributed by atoms with Crippen molar-refractivity contribution in [2.45, 2.75) is 44.6 Å². The molecule has 1 atom stereocenters. The summed E-state index contributed by atoms with van der Waals surface area (Å²) in [7, 11) is 0. The van der Waals surface area contributed by atoms with Gasteiger partial charge in [0.15, 0.2) is 11.5 Å². The number of likely N-dealkylation sites (tertiary alicyclic amines) is 1. The van der Waals surface area contributed by atoms with Crippen LogP contribution in [0.3, 0.4) is 0 Å². The summed E-state index contributed by atoms with van der Waals surface area (Å²) in [5, 5.41) is 8.86. The molecule has 0 radical (unpaired) electrons. The van der Waals surface area contributed by atoms with Crippen molar-refractivity contribution in [3.63, 3.8) is 0 Å². The number of benzene rings is 1. The number of amides is 1. The minimum Gasteiger partial charge on any atom is -0.481 e. The summed E-state index contributed by atoms with van der Waals surface area (Å²) in [6.45, 7) is 0.934. The number of carboxylic acid groups (broad SMARTS) is 1. The van der Waals surface area contributed by atoms with Gasteiger partial charge in [0, 0.05) is 19.0 Å². The molecule has 0 aliphatic carbocycles. The van der Waals surface area contributed by atoms with Gasteiger partial charge in [0.1, 0.15) is 0 Å². The summed E-state index contributed by atoms with van der Waals surface area (Å²) in [6, 6.07) is 5.59. The molecule has 1 aromatic carbocycles. The lowest BCUT2D eigenvalue weighted by atomic mass is 9.97. The van der Waals surface area contributed by atoms with E-state index in [2.05, 4.69) is 0 Å². The first-order valence-electron chi connectivity index (χ1n) is 8.03. The third-order valence-corrected chi connectivity index (χ3v) is 4.43. The van der Waals surface area contributed by atoms with Gasteiger partial charge in [-0.05, 0) is 43.4 Å². The summed E-state index contributed by atoms with van der Waals surface area (Å²) < 4.78 is 10.6. The molecule has 1 amide bonds. The minimum atomic E-state index is -0.807. The molecule has 124 valence electrons. The number of fused-ring (bicyclic) bond motifs is 1. The summed E-state index contributed by atoms with van der Waals surface area (Å²) >= 11 is 0. The van der Waals surface area contributed by atoms with Crippen molar-refractivity contribution >= 4 is 11.9 Å². The Morgan fingerprint density at radius 1 is 1.22 bits per heavy atom. The van der Waals surface area contributed by atoms with Crippen LogP contribution in [0.25, 0.3) is 0 Å². The van der Waals surface area contributed by atoms with Gasteiger partial charge in [-0.3, -0.25) is 9.59 Å². The second kappa shape index (κ2) is 6.89. The Kier molecular flexibility index (Phi) is 4.69. The SMILES string of the molecule is O=C(O)CCC1CCCCN1C(=O)Cc1ccc2c(c1)OCO2. The van der Waals surface area contributed by atoms with Crippen LogP contribution in [0.5, 0.6) is 11.5 Å². The summed E-state index contributed by atoms with van der Waals surface area (Å²) in [5.74, 6) is 0.632. The quantitative estimate of drug-likeness (QED) is 0.900. The molecular weight excluding hydrogens is 298 g/mol. The number of piperidine rings is 1. The van der Waals surface area contributed by atoms with E-state index < -0.39 is 5.97 Å². The van der Waals surface area contributed by atoms with Gasteiger partial charge in [0.2, 0.25) is 12.7 Å². The number of carbonyl (C=O) groups is 2. The van der Waals surface area contributed by atoms with E-state index >= 15 is 0 Å². The Balaban J connectivity index is 1.64. The molecule has 1 aromatic rings. The van der Waals surface area contributed by atoms with Crippen LogP contribution in [0.2, 0.25) is 0 Å². The molecule has 0 spiro atoms. The highest BCUT2D eigenvalue weighted by molar-refractivity contribution is 5.79. The van der Waals surface area contributed by atoms with Crippen molar-refractivity contribution < 1.29 is 24.2 Å². The van der Waals surface area contributed by atoms with Crippen LogP contribution in [-0.2, 0) is 16.0 Å². The third kappa shape index (κ3) is 3.75. The van der Waals surface area contributed by atoms with Crippen LogP contribution in [0.1, 0.15) is 37.7 Å². The average molecular weight is 319 g/mol. The number of hydrogen-bond donors (Lipinski definition) is 1. The first-order valence-corrected chi connectivity index (χ1v) is 8.03. The fourth-order valence-electron chi connectivity index (χ4n) is 3.25. The zero-order valence-corrected chi connectivity index (χ0v) is 13.0. The van der Waals surface area contributed by atoms with Crippen LogP contribution in [0.15, 0.2) is 18.2 Å². The maximum Gasteiger partial charge on any atom is 0.303 e. The van der Waals surface area contributed by atoms with E-state index in [0.29, 0.717) is 30.9 Å². The van der Waals surface area contributed by atoms with Gasteiger partial charge in [-0.1, -0.05) is 6.07 Å². The number of carbonyl (C=O) groups excluding carboxylic acids is 1. The zero-order chi connectivity index (χ0) is 16.2. The van der Waals surface area contributed by atoms with Crippen molar-refractivity contribution in [1.29, 1.82) is 0 Å². The number of ether oxygens (including phenoxy) is 2. The Morgan fingerprint density at radius 2 is 2.04 bits per heavy atom. The topological polar surface area (TPSA) is 76.1 Å². The molecule has 2 heterocycles. The molecule has 2 aliphatic heterocycles. The van der Waals surface area contributed by atoms with Gasteiger partial charge in [0.05, 0.1) is 6.42 Å². The maximum atomic E-state index is 12.6. The van der Waals surface area contributed by atoms with Crippen LogP contribution >= 0.6 is 0 Å². The summed E-state index contributed by atoms with van der Waals surface area (Å²) in [6.07, 6.45) is 3.87. The normalized spacial score (nSPS) is 19.7. The van der Waals surface area contributed by atoms with Gasteiger partial charge in [-0.25, -0.2) is 0 Å². The molecule has 0 bridgehead atoms. The van der Waals surface area contributed by atoms with Gasteiger partial charge in [-0.2, -0.15) is 0 Å². The van der Waals surface area contributed by atoms with Crippen molar-refractivity contribution in [1.82, 2.24) is 4.90 Å². The van der Waals surface area contributed by atoms with E-state index in [1.54, 1.807) is 0 Å². The van der Waals surface area contributed by atoms with Crippen LogP contribution in [0.4, 0.5) is 0 Å². The number of carboxylic acids is 1. The van der Waals surface area contributed by atoms with Gasteiger partial charge < -0.3 is 19.5 Å². The maximum absolute atomic E-state index is 12.6. The molecule has 6 heteroatoms. The zero-order valence-electron chi connectivity index (χ0n) is 13.0. The molecule has 2 aliphatic rings. The van der Waals surface area contributed by atoms with Crippen molar-refractivity contribution in [3.05, 3.63) is 23.8 Å². The Hall–Kier alpha value is -2.24. The molecular formula is C17H21NO5. The van der Waals surface area contributed by atoms with Gasteiger partial charge >= 0.3 is 5.97 Å². The summed E-state index contributed by atoms with van der Waals surface area (Å²) in [5.41, 5.74) is 0.891. The molecule has 6 nitrogen and oxygen atoms in total. The van der Waals surface area contributed by atoms with Crippen molar-refractivity contribution in [2.24, 2.45) is 0 Å². The van der Waals surface area contributed by atoms with E-state index in [-0.39, 0.29) is 25.2 Å². The highest BCUT2D eigenvalue weighted by Gasteiger charge is 2.27. The van der Waals surface area contributed by atoms with Crippen LogP contribution < -0.4 is 9.47 Å². The lowest BCUT2D eigenvalue weighted by Gasteiger charge is -2.35. The van der Waals surface area contributed by atoms with E-state index in [4.69, 9.17) is 14.6 Å². The number of aliphatic carboxylic acids is 1. The number of nitrogens with zero attached hydrogens (tertiary/aromatic N) is 1. The van der Waals surface area contributed by atoms with E-state index in [1.165, 1.54) is 0 Å². The van der Waals surface area contributed by atoms with Crippen molar-refractivity contribution in [3.8, 4) is 11.5 Å². The van der Waals surface area contributed by atoms with E-state index in [1.807, 2.05) is 23.1 Å². The second-order valence-corrected chi connectivity index (χ2v) is 6.03. The molecule has 23 heavy (non-hydrogen) atoms. The fraction of sp³-hybridized carbons (Fsp3) is 0.529. The Bertz CT molecular complexity index is 601. The van der Waals surface area contributed by atoms with Gasteiger partial charge in [-0.15, -0.1) is 0 Å². The Labute approximate surface area is 135 Å². The lowest BCUT2D eigenvalue weighted by molar-refractivity contribution is -0.139. The number of rotatable bonds is 5. The monoisotopic (exact) mass is 319 g/mol. The van der Waals surface area contributed by atoms with E-state index in [0.717, 1.165) is 24.8 Å². The van der Waals surface area contributed by atoms with Crippen LogP contribution in [0, 0.1) is 0 Å². The molecule has 1 fully saturated rings. The molecule has 1 unspecified atom stereocenters. The summed E-state index contributed by atoms with van der Waals surface area (Å²) in [4.78, 5) is 25.3. The third-order valence-electron chi connectivity index (χ3n) is 4.43. The molecule has 0 saturated carbocycles. The average Bonchev–Trinajstić information content (AvgIpc) is 3.00. The van der Waals surface area contributed by atoms with Crippen LogP contribution in [-0.4, -0.2) is 41.3 Å². The molecule has 0 aromatic heterocycles. The molecule has 1 saturated heterocycles. The Morgan fingerprint density at radius 3 is 2.87 bits per heavy atom. The van der Waals surface area contributed by atoms with Gasteiger partial charge in [0.25, 0.3) is 0 Å². The van der Waals surface area contributed by atoms with E-state index in [9.17, 15) is 9.59 Å². The predicted molar refractivity (Wildman–Crippen MR) is 82.5 cm³/mol. The smallest absolute Gasteiger partial charge is 0.303 e. The highest BCUT2D eigenvalue weighted by Crippen LogP contribution is 2.33. The second-order valence-electron chi connectivity index (χ2n) is 6.03. The highest BCUT2D eigenvalue weighted by atomic mass is 16.7. The predicted octanol–water partition coefficient (Wildman–Crippen LogP) is 2.20. The first-order chi connectivity index (χ1) is 11.1. The molecule has 1 N–H and O–H groups in total.